The van der Waals surface area contributed by atoms with Gasteiger partial charge >= 0.3 is 11.8 Å². The Morgan fingerprint density at radius 3 is 1.62 bits per heavy atom. The van der Waals surface area contributed by atoms with E-state index in [-0.39, 0.29) is 6.61 Å². The van der Waals surface area contributed by atoms with Crippen molar-refractivity contribution in [2.45, 2.75) is 91.8 Å². The molecule has 0 aromatic rings. The van der Waals surface area contributed by atoms with Gasteiger partial charge < -0.3 is 14.6 Å². The molecule has 3 nitrogen and oxygen atoms in total. The third kappa shape index (κ3) is 10.1. The Morgan fingerprint density at radius 1 is 0.962 bits per heavy atom. The van der Waals surface area contributed by atoms with Crippen LogP contribution < -0.4 is 0 Å². The van der Waals surface area contributed by atoms with Gasteiger partial charge in [-0.1, -0.05) is 27.7 Å². The normalized spacial score (nSPS) is 25.4. The van der Waals surface area contributed by atoms with E-state index in [1.807, 2.05) is 13.8 Å². The molecule has 26 heavy (non-hydrogen) atoms. The van der Waals surface area contributed by atoms with Crippen molar-refractivity contribution in [1.82, 2.24) is 0 Å². The lowest BCUT2D eigenvalue weighted by Gasteiger charge is -2.21. The smallest absolute Gasteiger partial charge is 0.312 e. The summed E-state index contributed by atoms with van der Waals surface area (Å²) in [6, 6.07) is 0. The SMILES string of the molecule is CC1CC(F)(F)C(F)(F)C1C.CCC(C)OCCO.CCOC(C)CC. The molecule has 160 valence electrons. The van der Waals surface area contributed by atoms with E-state index in [1.54, 1.807) is 0 Å². The minimum atomic E-state index is -3.81. The number of alkyl halides is 4. The lowest BCUT2D eigenvalue weighted by atomic mass is 9.99. The molecular weight excluding hydrogens is 352 g/mol. The first-order chi connectivity index (χ1) is 11.9. The molecule has 0 saturated heterocycles. The topological polar surface area (TPSA) is 38.7 Å². The summed E-state index contributed by atoms with van der Waals surface area (Å²) in [5, 5.41) is 8.29. The number of ether oxygens (including phenoxy) is 2. The zero-order valence-electron chi connectivity index (χ0n) is 17.3. The molecule has 1 N–H and O–H groups in total. The zero-order valence-corrected chi connectivity index (χ0v) is 17.3. The van der Waals surface area contributed by atoms with Gasteiger partial charge in [-0.15, -0.1) is 0 Å². The predicted molar refractivity (Wildman–Crippen MR) is 97.0 cm³/mol. The van der Waals surface area contributed by atoms with Crippen molar-refractivity contribution in [3.63, 3.8) is 0 Å². The summed E-state index contributed by atoms with van der Waals surface area (Å²) >= 11 is 0. The average Bonchev–Trinajstić information content (AvgIpc) is 2.72. The molecule has 0 aromatic heterocycles. The predicted octanol–water partition coefficient (Wildman–Crippen LogP) is 5.55. The monoisotopic (exact) mass is 390 g/mol. The van der Waals surface area contributed by atoms with E-state index in [2.05, 4.69) is 20.8 Å². The van der Waals surface area contributed by atoms with Crippen molar-refractivity contribution in [1.29, 1.82) is 0 Å². The van der Waals surface area contributed by atoms with Crippen LogP contribution in [0.5, 0.6) is 0 Å². The van der Waals surface area contributed by atoms with Crippen LogP contribution in [0.1, 0.15) is 67.7 Å². The van der Waals surface area contributed by atoms with Gasteiger partial charge in [0, 0.05) is 18.9 Å². The van der Waals surface area contributed by atoms with E-state index in [9.17, 15) is 17.6 Å². The molecule has 0 bridgehead atoms. The highest BCUT2D eigenvalue weighted by atomic mass is 19.3. The molecule has 0 heterocycles. The molecule has 1 saturated carbocycles. The van der Waals surface area contributed by atoms with Crippen molar-refractivity contribution < 1.29 is 32.1 Å². The largest absolute Gasteiger partial charge is 0.394 e. The van der Waals surface area contributed by atoms with E-state index >= 15 is 0 Å². The molecule has 0 amide bonds. The molecule has 1 aliphatic rings. The Kier molecular flexibility index (Phi) is 14.7. The number of aliphatic hydroxyl groups excluding tert-OH is 1. The van der Waals surface area contributed by atoms with Gasteiger partial charge in [0.2, 0.25) is 0 Å². The molecule has 1 rings (SSSR count). The van der Waals surface area contributed by atoms with Crippen LogP contribution in [0.3, 0.4) is 0 Å². The summed E-state index contributed by atoms with van der Waals surface area (Å²) in [7, 11) is 0. The minimum Gasteiger partial charge on any atom is -0.394 e. The van der Waals surface area contributed by atoms with Gasteiger partial charge in [-0.2, -0.15) is 17.6 Å². The summed E-state index contributed by atoms with van der Waals surface area (Å²) in [6.45, 7) is 14.3. The van der Waals surface area contributed by atoms with Crippen LogP contribution in [0, 0.1) is 11.8 Å². The number of aliphatic hydroxyl groups is 1. The Balaban J connectivity index is 0. The maximum Gasteiger partial charge on any atom is 0.312 e. The second kappa shape index (κ2) is 13.7. The van der Waals surface area contributed by atoms with E-state index in [4.69, 9.17) is 14.6 Å². The van der Waals surface area contributed by atoms with Crippen molar-refractivity contribution in [2.24, 2.45) is 11.8 Å². The maximum absolute atomic E-state index is 12.6. The fraction of sp³-hybridized carbons (Fsp3) is 1.00. The van der Waals surface area contributed by atoms with Crippen molar-refractivity contribution >= 4 is 0 Å². The second-order valence-electron chi connectivity index (χ2n) is 6.78. The van der Waals surface area contributed by atoms with E-state index in [0.29, 0.717) is 18.8 Å². The van der Waals surface area contributed by atoms with Crippen molar-refractivity contribution in [2.75, 3.05) is 19.8 Å². The van der Waals surface area contributed by atoms with E-state index in [1.165, 1.54) is 13.8 Å². The fourth-order valence-electron chi connectivity index (χ4n) is 2.18. The fourth-order valence-corrected chi connectivity index (χ4v) is 2.18. The lowest BCUT2D eigenvalue weighted by Crippen LogP contribution is -2.38. The van der Waals surface area contributed by atoms with E-state index in [0.717, 1.165) is 19.4 Å². The highest BCUT2D eigenvalue weighted by Crippen LogP contribution is 2.53. The van der Waals surface area contributed by atoms with Gasteiger partial charge in [0.05, 0.1) is 25.4 Å². The van der Waals surface area contributed by atoms with Crippen LogP contribution in [0.4, 0.5) is 17.6 Å². The summed E-state index contributed by atoms with van der Waals surface area (Å²) in [5.74, 6) is -9.42. The minimum absolute atomic E-state index is 0.129. The first kappa shape index (κ1) is 27.8. The summed E-state index contributed by atoms with van der Waals surface area (Å²) in [5.41, 5.74) is 0. The Morgan fingerprint density at radius 2 is 1.42 bits per heavy atom. The van der Waals surface area contributed by atoms with Crippen LogP contribution in [0.15, 0.2) is 0 Å². The molecule has 0 radical (unpaired) electrons. The number of halogens is 4. The van der Waals surface area contributed by atoms with Gasteiger partial charge in [0.1, 0.15) is 0 Å². The van der Waals surface area contributed by atoms with Crippen LogP contribution in [-0.2, 0) is 9.47 Å². The summed E-state index contributed by atoms with van der Waals surface area (Å²) in [4.78, 5) is 0. The Labute approximate surface area is 156 Å². The van der Waals surface area contributed by atoms with Crippen molar-refractivity contribution in [3.8, 4) is 0 Å². The molecule has 0 aromatic carbocycles. The molecule has 1 fully saturated rings. The molecule has 1 aliphatic carbocycles. The molecule has 7 heteroatoms. The zero-order chi connectivity index (χ0) is 21.0. The second-order valence-corrected chi connectivity index (χ2v) is 6.78. The first-order valence-corrected chi connectivity index (χ1v) is 9.50. The number of rotatable bonds is 7. The summed E-state index contributed by atoms with van der Waals surface area (Å²) in [6.07, 6.45) is 2.18. The standard InChI is InChI=1S/C7H10F4.C6H14O2.C6H14O/c1-4-3-6(8,9)7(10,11)5(4)2;1-3-6(2)8-5-4-7;1-4-6(3)7-5-2/h4-5H,3H2,1-2H3;6-7H,3-5H2,1-2H3;6H,4-5H2,1-3H3. The molecule has 0 spiro atoms. The van der Waals surface area contributed by atoms with Gasteiger partial charge in [-0.25, -0.2) is 0 Å². The summed E-state index contributed by atoms with van der Waals surface area (Å²) < 4.78 is 60.5. The number of hydrogen-bond donors (Lipinski definition) is 1. The molecule has 0 aliphatic heterocycles. The highest BCUT2D eigenvalue weighted by Gasteiger charge is 2.66. The highest BCUT2D eigenvalue weighted by molar-refractivity contribution is 4.99. The average molecular weight is 391 g/mol. The molecule has 4 atom stereocenters. The van der Waals surface area contributed by atoms with Crippen LogP contribution in [0.25, 0.3) is 0 Å². The Hall–Kier alpha value is -0.400. The van der Waals surface area contributed by atoms with E-state index < -0.39 is 30.1 Å². The van der Waals surface area contributed by atoms with Gasteiger partial charge in [0.25, 0.3) is 0 Å². The van der Waals surface area contributed by atoms with Gasteiger partial charge in [0.15, 0.2) is 0 Å². The third-order valence-corrected chi connectivity index (χ3v) is 4.59. The third-order valence-electron chi connectivity index (χ3n) is 4.59. The first-order valence-electron chi connectivity index (χ1n) is 9.50. The maximum atomic E-state index is 12.6. The van der Waals surface area contributed by atoms with Crippen molar-refractivity contribution in [3.05, 3.63) is 0 Å². The lowest BCUT2D eigenvalue weighted by molar-refractivity contribution is -0.202. The van der Waals surface area contributed by atoms with Crippen LogP contribution >= 0.6 is 0 Å². The van der Waals surface area contributed by atoms with Gasteiger partial charge in [-0.3, -0.25) is 0 Å². The quantitative estimate of drug-likeness (QED) is 0.580. The van der Waals surface area contributed by atoms with Crippen LogP contribution in [0.2, 0.25) is 0 Å². The van der Waals surface area contributed by atoms with Gasteiger partial charge in [-0.05, 0) is 39.5 Å². The Bertz CT molecular complexity index is 341. The number of hydrogen-bond acceptors (Lipinski definition) is 3. The molecular formula is C19H38F4O3. The molecule has 4 unspecified atom stereocenters. The van der Waals surface area contributed by atoms with Crippen LogP contribution in [-0.4, -0.2) is 49.0 Å².